The van der Waals surface area contributed by atoms with Gasteiger partial charge in [-0.25, -0.2) is 5.43 Å². The fraction of sp³-hybridized carbons (Fsp3) is 0.200. The molecule has 14 heteroatoms. The number of anilines is 1. The second kappa shape index (κ2) is 12.3. The van der Waals surface area contributed by atoms with Gasteiger partial charge in [0, 0.05) is 23.5 Å². The van der Waals surface area contributed by atoms with Gasteiger partial charge in [0.25, 0.3) is 0 Å². The molecule has 0 fully saturated rings. The number of aromatic amines is 2. The van der Waals surface area contributed by atoms with Crippen LogP contribution in [0.15, 0.2) is 91.5 Å². The number of ether oxygens (including phenoxy) is 2. The lowest BCUT2D eigenvalue weighted by molar-refractivity contribution is -0.139. The molecule has 8 nitrogen and oxygen atoms in total. The molecule has 0 spiro atoms. The number of H-pyrrole nitrogens is 2. The van der Waals surface area contributed by atoms with Gasteiger partial charge in [0.2, 0.25) is 0 Å². The lowest BCUT2D eigenvalue weighted by atomic mass is 9.93. The number of rotatable bonds is 10. The summed E-state index contributed by atoms with van der Waals surface area (Å²) in [4.78, 5) is 0. The van der Waals surface area contributed by atoms with Crippen molar-refractivity contribution in [2.75, 3.05) is 19.2 Å². The molecule has 0 bridgehead atoms. The minimum absolute atomic E-state index is 0.121. The van der Waals surface area contributed by atoms with E-state index in [2.05, 4.69) is 25.8 Å². The van der Waals surface area contributed by atoms with E-state index >= 15 is 0 Å². The molecule has 5 rings (SSSR count). The molecule has 0 aliphatic rings. The highest BCUT2D eigenvalue weighted by molar-refractivity contribution is 5.67. The Labute approximate surface area is 247 Å². The summed E-state index contributed by atoms with van der Waals surface area (Å²) in [5.41, 5.74) is 1.57. The first-order valence-corrected chi connectivity index (χ1v) is 13.1. The summed E-state index contributed by atoms with van der Waals surface area (Å²) in [5.74, 6) is 0.359. The topological polar surface area (TPSA) is 91.1 Å². The zero-order valence-corrected chi connectivity index (χ0v) is 23.2. The van der Waals surface area contributed by atoms with E-state index < -0.39 is 35.6 Å². The van der Waals surface area contributed by atoms with Gasteiger partial charge < -0.3 is 9.47 Å². The van der Waals surface area contributed by atoms with E-state index in [0.717, 1.165) is 12.1 Å². The van der Waals surface area contributed by atoms with Gasteiger partial charge in [-0.05, 0) is 35.4 Å². The number of hydrogen-bond donors (Lipinski definition) is 3. The van der Waals surface area contributed by atoms with E-state index in [-0.39, 0.29) is 39.4 Å². The number of para-hydroxylation sites is 1. The van der Waals surface area contributed by atoms with Gasteiger partial charge in [-0.15, -0.1) is 0 Å². The molecule has 44 heavy (non-hydrogen) atoms. The monoisotopic (exact) mass is 616 g/mol. The molecule has 2 heterocycles. The van der Waals surface area contributed by atoms with Crippen molar-refractivity contribution in [3.8, 4) is 11.5 Å². The third-order valence-electron chi connectivity index (χ3n) is 6.99. The van der Waals surface area contributed by atoms with Crippen LogP contribution < -0.4 is 19.9 Å². The average Bonchev–Trinajstić information content (AvgIpc) is 3.73. The van der Waals surface area contributed by atoms with Gasteiger partial charge in [-0.1, -0.05) is 42.5 Å². The molecule has 5 aromatic rings. The number of benzene rings is 3. The van der Waals surface area contributed by atoms with Gasteiger partial charge in [0.05, 0.1) is 55.5 Å². The minimum Gasteiger partial charge on any atom is -0.493 e. The van der Waals surface area contributed by atoms with E-state index in [0.29, 0.717) is 0 Å². The lowest BCUT2D eigenvalue weighted by Crippen LogP contribution is -2.45. The Balaban J connectivity index is 1.82. The Morgan fingerprint density at radius 3 is 1.82 bits per heavy atom. The van der Waals surface area contributed by atoms with Crippen LogP contribution in [0.2, 0.25) is 0 Å². The summed E-state index contributed by atoms with van der Waals surface area (Å²) < 4.78 is 97.5. The summed E-state index contributed by atoms with van der Waals surface area (Å²) in [7, 11) is 2.74. The Hall–Kier alpha value is -4.98. The van der Waals surface area contributed by atoms with E-state index in [1.54, 1.807) is 18.2 Å². The maximum atomic E-state index is 14.5. The molecule has 0 saturated carbocycles. The molecule has 2 aromatic heterocycles. The van der Waals surface area contributed by atoms with Crippen molar-refractivity contribution in [1.29, 1.82) is 0 Å². The van der Waals surface area contributed by atoms with Crippen LogP contribution in [0, 0.1) is 0 Å². The molecule has 230 valence electrons. The SMILES string of the molecule is COc1cccc(N(NC(c2cn[nH]c2)c2ccccc2C(F)(F)F)C(c2cn[nH]c2)c2ccccc2C(F)(F)F)c1OC. The standard InChI is InChI=1S/C30H26F6N6O2/c1-43-25-13-7-12-24(28(25)44-2)42(27(19-16-39-40-17-19)21-9-4-6-11-23(21)30(34,35)36)41-26(18-14-37-38-15-18)20-8-3-5-10-22(20)29(31,32)33/h3-17,26-27,41H,1-2H3,(H,37,38)(H,39,40). The number of nitrogens with one attached hydrogen (secondary N) is 3. The van der Waals surface area contributed by atoms with Crippen molar-refractivity contribution in [3.63, 3.8) is 0 Å². The summed E-state index contributed by atoms with van der Waals surface area (Å²) in [6, 6.07) is 12.0. The highest BCUT2D eigenvalue weighted by Crippen LogP contribution is 2.46. The predicted molar refractivity (Wildman–Crippen MR) is 149 cm³/mol. The first kappa shape index (κ1) is 30.5. The van der Waals surface area contributed by atoms with Crippen LogP contribution in [0.3, 0.4) is 0 Å². The van der Waals surface area contributed by atoms with Gasteiger partial charge in [0.1, 0.15) is 0 Å². The Kier molecular flexibility index (Phi) is 8.54. The maximum Gasteiger partial charge on any atom is 0.416 e. The van der Waals surface area contributed by atoms with Crippen LogP contribution in [-0.2, 0) is 12.4 Å². The predicted octanol–water partition coefficient (Wildman–Crippen LogP) is 7.08. The zero-order valence-electron chi connectivity index (χ0n) is 23.2. The molecule has 0 amide bonds. The molecule has 2 unspecified atom stereocenters. The molecule has 2 atom stereocenters. The molecule has 0 aliphatic carbocycles. The highest BCUT2D eigenvalue weighted by atomic mass is 19.4. The van der Waals surface area contributed by atoms with E-state index in [1.165, 1.54) is 80.4 Å². The summed E-state index contributed by atoms with van der Waals surface area (Å²) in [6.07, 6.45) is -4.02. The quantitative estimate of drug-likeness (QED) is 0.115. The van der Waals surface area contributed by atoms with E-state index in [4.69, 9.17) is 9.47 Å². The molecule has 0 saturated heterocycles. The van der Waals surface area contributed by atoms with E-state index in [1.807, 2.05) is 0 Å². The maximum absolute atomic E-state index is 14.5. The summed E-state index contributed by atoms with van der Waals surface area (Å²) in [5, 5.41) is 14.5. The second-order valence-corrected chi connectivity index (χ2v) is 9.58. The third-order valence-corrected chi connectivity index (χ3v) is 6.99. The number of halogens is 6. The number of nitrogens with zero attached hydrogens (tertiary/aromatic N) is 3. The normalized spacial score (nSPS) is 13.4. The lowest BCUT2D eigenvalue weighted by Gasteiger charge is -2.39. The Morgan fingerprint density at radius 2 is 1.27 bits per heavy atom. The molecule has 3 N–H and O–H groups in total. The largest absolute Gasteiger partial charge is 0.493 e. The van der Waals surface area contributed by atoms with Crippen LogP contribution in [0.25, 0.3) is 0 Å². The smallest absolute Gasteiger partial charge is 0.416 e. The van der Waals surface area contributed by atoms with Crippen molar-refractivity contribution in [2.45, 2.75) is 24.4 Å². The second-order valence-electron chi connectivity index (χ2n) is 9.58. The van der Waals surface area contributed by atoms with Crippen LogP contribution in [0.4, 0.5) is 32.0 Å². The van der Waals surface area contributed by atoms with Gasteiger partial charge >= 0.3 is 12.4 Å². The number of hydrazine groups is 1. The van der Waals surface area contributed by atoms with Gasteiger partial charge in [-0.3, -0.25) is 15.2 Å². The highest BCUT2D eigenvalue weighted by Gasteiger charge is 2.40. The fourth-order valence-electron chi connectivity index (χ4n) is 5.10. The van der Waals surface area contributed by atoms with Crippen molar-refractivity contribution >= 4 is 5.69 Å². The molecule has 0 aliphatic heterocycles. The number of methoxy groups -OCH3 is 2. The Bertz CT molecular complexity index is 1670. The van der Waals surface area contributed by atoms with Crippen molar-refractivity contribution in [3.05, 3.63) is 125 Å². The summed E-state index contributed by atoms with van der Waals surface area (Å²) in [6.45, 7) is 0. The fourth-order valence-corrected chi connectivity index (χ4v) is 5.10. The molecule has 0 radical (unpaired) electrons. The van der Waals surface area contributed by atoms with Gasteiger partial charge in [0.15, 0.2) is 11.5 Å². The van der Waals surface area contributed by atoms with Crippen LogP contribution in [0.5, 0.6) is 11.5 Å². The number of alkyl halides is 6. The van der Waals surface area contributed by atoms with E-state index in [9.17, 15) is 26.3 Å². The van der Waals surface area contributed by atoms with Crippen molar-refractivity contribution < 1.29 is 35.8 Å². The molecular formula is C30H26F6N6O2. The number of hydrogen-bond acceptors (Lipinski definition) is 6. The Morgan fingerprint density at radius 1 is 0.705 bits per heavy atom. The van der Waals surface area contributed by atoms with Crippen molar-refractivity contribution in [1.82, 2.24) is 25.8 Å². The molecular weight excluding hydrogens is 590 g/mol. The third kappa shape index (κ3) is 6.06. The number of aromatic nitrogens is 4. The van der Waals surface area contributed by atoms with Gasteiger partial charge in [-0.2, -0.15) is 36.5 Å². The minimum atomic E-state index is -4.77. The average molecular weight is 617 g/mol. The first-order chi connectivity index (χ1) is 21.0. The molecule has 3 aromatic carbocycles. The summed E-state index contributed by atoms with van der Waals surface area (Å²) >= 11 is 0. The van der Waals surface area contributed by atoms with Crippen molar-refractivity contribution in [2.24, 2.45) is 0 Å². The van der Waals surface area contributed by atoms with Crippen LogP contribution >= 0.6 is 0 Å². The first-order valence-electron chi connectivity index (χ1n) is 13.1. The van der Waals surface area contributed by atoms with Crippen LogP contribution in [-0.4, -0.2) is 34.6 Å². The zero-order chi connectivity index (χ0) is 31.5. The van der Waals surface area contributed by atoms with Crippen LogP contribution in [0.1, 0.15) is 45.5 Å².